The van der Waals surface area contributed by atoms with Crippen molar-refractivity contribution in [1.29, 1.82) is 0 Å². The molecule has 1 atom stereocenters. The lowest BCUT2D eigenvalue weighted by Crippen LogP contribution is -2.28. The standard InChI is InChI=1S/C32H32N4O4/c1-4-5-13-29-28(31(38)36(21(3)33-29)25-10-8-9-24(19-25)20(2)37)18-22-14-16-23(17-15-22)26-11-6-7-12-27(26)30-34-32(39)40-35-30/h6-12,14-17,19-20,37H,4-5,13,18H2,1-3H3,(H,34,35,39). The fourth-order valence-corrected chi connectivity index (χ4v) is 4.97. The second-order valence-electron chi connectivity index (χ2n) is 9.96. The molecule has 8 heteroatoms. The van der Waals surface area contributed by atoms with Gasteiger partial charge in [-0.05, 0) is 61.1 Å². The maximum Gasteiger partial charge on any atom is 0.439 e. The Bertz CT molecular complexity index is 1750. The fraction of sp³-hybridized carbons (Fsp3) is 0.250. The van der Waals surface area contributed by atoms with E-state index in [1.54, 1.807) is 11.5 Å². The van der Waals surface area contributed by atoms with Crippen molar-refractivity contribution in [2.24, 2.45) is 0 Å². The van der Waals surface area contributed by atoms with E-state index in [0.717, 1.165) is 52.8 Å². The Labute approximate surface area is 232 Å². The summed E-state index contributed by atoms with van der Waals surface area (Å²) in [5, 5.41) is 13.9. The first-order chi connectivity index (χ1) is 19.4. The molecule has 2 aromatic heterocycles. The van der Waals surface area contributed by atoms with Gasteiger partial charge in [0.2, 0.25) is 0 Å². The number of aliphatic hydroxyl groups excluding tert-OH is 1. The molecule has 0 aliphatic heterocycles. The third-order valence-electron chi connectivity index (χ3n) is 7.08. The highest BCUT2D eigenvalue weighted by Crippen LogP contribution is 2.30. The first-order valence-corrected chi connectivity index (χ1v) is 13.5. The molecule has 0 aliphatic carbocycles. The van der Waals surface area contributed by atoms with Gasteiger partial charge in [0.1, 0.15) is 5.82 Å². The van der Waals surface area contributed by atoms with E-state index in [2.05, 4.69) is 17.1 Å². The van der Waals surface area contributed by atoms with Crippen LogP contribution in [-0.4, -0.2) is 24.8 Å². The molecule has 0 amide bonds. The zero-order chi connectivity index (χ0) is 28.2. The molecule has 3 aromatic carbocycles. The maximum atomic E-state index is 14.0. The summed E-state index contributed by atoms with van der Waals surface area (Å²) in [4.78, 5) is 33.0. The van der Waals surface area contributed by atoms with Gasteiger partial charge in [-0.2, -0.15) is 0 Å². The Balaban J connectivity index is 1.53. The third-order valence-corrected chi connectivity index (χ3v) is 7.08. The molecule has 5 rings (SSSR count). The minimum Gasteiger partial charge on any atom is -0.389 e. The number of aliphatic hydroxyl groups is 1. The van der Waals surface area contributed by atoms with Gasteiger partial charge in [-0.1, -0.05) is 79.2 Å². The van der Waals surface area contributed by atoms with Crippen molar-refractivity contribution in [3.8, 4) is 28.2 Å². The molecule has 0 saturated carbocycles. The van der Waals surface area contributed by atoms with Crippen LogP contribution in [0.15, 0.2) is 86.9 Å². The lowest BCUT2D eigenvalue weighted by molar-refractivity contribution is 0.199. The summed E-state index contributed by atoms with van der Waals surface area (Å²) in [5.41, 5.74) is 6.44. The topological polar surface area (TPSA) is 114 Å². The van der Waals surface area contributed by atoms with Crippen LogP contribution in [0.3, 0.4) is 0 Å². The van der Waals surface area contributed by atoms with Gasteiger partial charge < -0.3 is 5.11 Å². The van der Waals surface area contributed by atoms with Crippen LogP contribution in [0.2, 0.25) is 0 Å². The molecule has 1 unspecified atom stereocenters. The molecule has 0 saturated heterocycles. The molecular weight excluding hydrogens is 504 g/mol. The normalized spacial score (nSPS) is 12.0. The van der Waals surface area contributed by atoms with E-state index in [-0.39, 0.29) is 5.56 Å². The number of benzene rings is 3. The van der Waals surface area contributed by atoms with Crippen LogP contribution in [0.5, 0.6) is 0 Å². The summed E-state index contributed by atoms with van der Waals surface area (Å²) in [6, 6.07) is 23.1. The average molecular weight is 537 g/mol. The second-order valence-corrected chi connectivity index (χ2v) is 9.96. The molecular formula is C32H32N4O4. The van der Waals surface area contributed by atoms with E-state index in [1.807, 2.05) is 79.7 Å². The van der Waals surface area contributed by atoms with Crippen molar-refractivity contribution in [3.05, 3.63) is 122 Å². The van der Waals surface area contributed by atoms with Crippen LogP contribution < -0.4 is 11.3 Å². The molecule has 2 N–H and O–H groups in total. The highest BCUT2D eigenvalue weighted by molar-refractivity contribution is 5.80. The minimum atomic E-state index is -0.639. The number of H-pyrrole nitrogens is 1. The van der Waals surface area contributed by atoms with Crippen molar-refractivity contribution < 1.29 is 9.63 Å². The lowest BCUT2D eigenvalue weighted by atomic mass is 9.96. The average Bonchev–Trinajstić information content (AvgIpc) is 3.40. The summed E-state index contributed by atoms with van der Waals surface area (Å²) in [7, 11) is 0. The fourth-order valence-electron chi connectivity index (χ4n) is 4.97. The molecule has 204 valence electrons. The van der Waals surface area contributed by atoms with Crippen LogP contribution in [0, 0.1) is 6.92 Å². The van der Waals surface area contributed by atoms with Crippen molar-refractivity contribution in [3.63, 3.8) is 0 Å². The number of rotatable bonds is 9. The van der Waals surface area contributed by atoms with E-state index in [1.165, 1.54) is 0 Å². The number of nitrogens with one attached hydrogen (secondary N) is 1. The van der Waals surface area contributed by atoms with Gasteiger partial charge in [-0.25, -0.2) is 9.78 Å². The Kier molecular flexibility index (Phi) is 7.89. The van der Waals surface area contributed by atoms with Crippen molar-refractivity contribution >= 4 is 0 Å². The highest BCUT2D eigenvalue weighted by atomic mass is 16.5. The number of unbranched alkanes of at least 4 members (excludes halogenated alkanes) is 1. The molecule has 0 radical (unpaired) electrons. The number of aromatic amines is 1. The predicted octanol–water partition coefficient (Wildman–Crippen LogP) is 5.54. The highest BCUT2D eigenvalue weighted by Gasteiger charge is 2.18. The summed E-state index contributed by atoms with van der Waals surface area (Å²) in [5.74, 6) is 0.394. The van der Waals surface area contributed by atoms with Crippen LogP contribution in [0.1, 0.15) is 61.0 Å². The first-order valence-electron chi connectivity index (χ1n) is 13.5. The molecule has 5 aromatic rings. The second kappa shape index (κ2) is 11.7. The summed E-state index contributed by atoms with van der Waals surface area (Å²) in [6.45, 7) is 5.68. The van der Waals surface area contributed by atoms with Crippen molar-refractivity contribution in [2.75, 3.05) is 0 Å². The van der Waals surface area contributed by atoms with Crippen LogP contribution in [-0.2, 0) is 12.8 Å². The Morgan fingerprint density at radius 2 is 1.75 bits per heavy atom. The molecule has 40 heavy (non-hydrogen) atoms. The van der Waals surface area contributed by atoms with Crippen molar-refractivity contribution in [1.82, 2.24) is 19.7 Å². The number of hydrogen-bond donors (Lipinski definition) is 2. The monoisotopic (exact) mass is 536 g/mol. The van der Waals surface area contributed by atoms with Gasteiger partial charge in [0.05, 0.1) is 17.5 Å². The maximum absolute atomic E-state index is 14.0. The van der Waals surface area contributed by atoms with Gasteiger partial charge >= 0.3 is 5.76 Å². The van der Waals surface area contributed by atoms with Gasteiger partial charge in [0.15, 0.2) is 5.82 Å². The zero-order valence-corrected chi connectivity index (χ0v) is 22.8. The van der Waals surface area contributed by atoms with Gasteiger partial charge in [0, 0.05) is 17.5 Å². The molecule has 2 heterocycles. The van der Waals surface area contributed by atoms with E-state index in [4.69, 9.17) is 9.51 Å². The first kappa shape index (κ1) is 27.0. The zero-order valence-electron chi connectivity index (χ0n) is 22.8. The summed E-state index contributed by atoms with van der Waals surface area (Å²) >= 11 is 0. The molecule has 0 bridgehead atoms. The van der Waals surface area contributed by atoms with E-state index in [9.17, 15) is 14.7 Å². The van der Waals surface area contributed by atoms with Crippen LogP contribution >= 0.6 is 0 Å². The smallest absolute Gasteiger partial charge is 0.389 e. The van der Waals surface area contributed by atoms with Gasteiger partial charge in [0.25, 0.3) is 5.56 Å². The Morgan fingerprint density at radius 3 is 2.42 bits per heavy atom. The molecule has 0 fully saturated rings. The number of aryl methyl sites for hydroxylation is 2. The van der Waals surface area contributed by atoms with E-state index < -0.39 is 11.9 Å². The third kappa shape index (κ3) is 5.58. The summed E-state index contributed by atoms with van der Waals surface area (Å²) in [6.07, 6.45) is 2.49. The number of hydrogen-bond acceptors (Lipinski definition) is 6. The van der Waals surface area contributed by atoms with Crippen molar-refractivity contribution in [2.45, 2.75) is 52.6 Å². The number of aromatic nitrogens is 4. The predicted molar refractivity (Wildman–Crippen MR) is 155 cm³/mol. The lowest BCUT2D eigenvalue weighted by Gasteiger charge is -2.17. The quantitative estimate of drug-likeness (QED) is 0.256. The Hall–Kier alpha value is -4.56. The molecule has 0 aliphatic rings. The SMILES string of the molecule is CCCCc1nc(C)n(-c2cccc(C(C)O)c2)c(=O)c1Cc1ccc(-c2ccccc2-c2noc(=O)[nH]2)cc1. The van der Waals surface area contributed by atoms with E-state index >= 15 is 0 Å². The Morgan fingerprint density at radius 1 is 1.00 bits per heavy atom. The minimum absolute atomic E-state index is 0.0919. The van der Waals surface area contributed by atoms with E-state index in [0.29, 0.717) is 29.3 Å². The molecule has 0 spiro atoms. The summed E-state index contributed by atoms with van der Waals surface area (Å²) < 4.78 is 6.34. The van der Waals surface area contributed by atoms with Gasteiger partial charge in [-0.3, -0.25) is 18.9 Å². The largest absolute Gasteiger partial charge is 0.439 e. The van der Waals surface area contributed by atoms with Gasteiger partial charge in [-0.15, -0.1) is 0 Å². The van der Waals surface area contributed by atoms with Crippen LogP contribution in [0.25, 0.3) is 28.2 Å². The molecule has 8 nitrogen and oxygen atoms in total. The number of nitrogens with zero attached hydrogens (tertiary/aromatic N) is 3. The van der Waals surface area contributed by atoms with Crippen LogP contribution in [0.4, 0.5) is 0 Å².